The molecule has 1 aliphatic heterocycles. The smallest absolute Gasteiger partial charge is 0.260 e. The summed E-state index contributed by atoms with van der Waals surface area (Å²) in [5.74, 6) is 0.200. The molecule has 0 bridgehead atoms. The lowest BCUT2D eigenvalue weighted by Crippen LogP contribution is -2.54. The first-order valence-electron chi connectivity index (χ1n) is 7.17. The Morgan fingerprint density at radius 3 is 2.36 bits per heavy atom. The van der Waals surface area contributed by atoms with Crippen molar-refractivity contribution in [3.05, 3.63) is 29.3 Å². The standard InChI is InChI=1S/C15H20ClN3O3/c1-11(15(17)21)18-6-8-19(9-7-18)14(20)10-22-13-4-2-12(16)3-5-13/h2-5,11H,6-10H2,1H3,(H2,17,21). The van der Waals surface area contributed by atoms with Crippen LogP contribution in [-0.4, -0.2) is 60.4 Å². The number of hydrogen-bond acceptors (Lipinski definition) is 4. The number of amides is 2. The number of ether oxygens (including phenoxy) is 1. The Morgan fingerprint density at radius 2 is 1.82 bits per heavy atom. The molecule has 1 aromatic carbocycles. The van der Waals surface area contributed by atoms with Crippen LogP contribution in [0, 0.1) is 0 Å². The van der Waals surface area contributed by atoms with Crippen molar-refractivity contribution < 1.29 is 14.3 Å². The van der Waals surface area contributed by atoms with Crippen molar-refractivity contribution in [2.24, 2.45) is 5.73 Å². The van der Waals surface area contributed by atoms with Crippen LogP contribution in [0.15, 0.2) is 24.3 Å². The summed E-state index contributed by atoms with van der Waals surface area (Å²) < 4.78 is 5.45. The Labute approximate surface area is 134 Å². The summed E-state index contributed by atoms with van der Waals surface area (Å²) >= 11 is 5.79. The number of carbonyl (C=O) groups is 2. The van der Waals surface area contributed by atoms with E-state index >= 15 is 0 Å². The van der Waals surface area contributed by atoms with E-state index in [9.17, 15) is 9.59 Å². The highest BCUT2D eigenvalue weighted by atomic mass is 35.5. The summed E-state index contributed by atoms with van der Waals surface area (Å²) in [6.45, 7) is 4.19. The maximum Gasteiger partial charge on any atom is 0.260 e. The first-order valence-corrected chi connectivity index (χ1v) is 7.54. The fourth-order valence-electron chi connectivity index (χ4n) is 2.31. The zero-order chi connectivity index (χ0) is 16.1. The highest BCUT2D eigenvalue weighted by Gasteiger charge is 2.26. The third kappa shape index (κ3) is 4.35. The molecule has 1 saturated heterocycles. The molecule has 0 saturated carbocycles. The molecule has 0 aliphatic carbocycles. The third-order valence-electron chi connectivity index (χ3n) is 3.80. The van der Waals surface area contributed by atoms with E-state index in [-0.39, 0.29) is 24.5 Å². The van der Waals surface area contributed by atoms with Crippen LogP contribution < -0.4 is 10.5 Å². The third-order valence-corrected chi connectivity index (χ3v) is 4.05. The summed E-state index contributed by atoms with van der Waals surface area (Å²) in [5, 5.41) is 0.623. The monoisotopic (exact) mass is 325 g/mol. The zero-order valence-electron chi connectivity index (χ0n) is 12.5. The minimum absolute atomic E-state index is 0.00694. The molecule has 1 aliphatic rings. The Hall–Kier alpha value is -1.79. The van der Waals surface area contributed by atoms with E-state index in [4.69, 9.17) is 22.1 Å². The van der Waals surface area contributed by atoms with E-state index < -0.39 is 0 Å². The minimum atomic E-state index is -0.342. The zero-order valence-corrected chi connectivity index (χ0v) is 13.3. The van der Waals surface area contributed by atoms with Crippen LogP contribution in [0.2, 0.25) is 5.02 Å². The Bertz CT molecular complexity index is 527. The van der Waals surface area contributed by atoms with Crippen LogP contribution in [0.5, 0.6) is 5.75 Å². The van der Waals surface area contributed by atoms with Crippen LogP contribution in [0.1, 0.15) is 6.92 Å². The second-order valence-corrected chi connectivity index (χ2v) is 5.67. The Balaban J connectivity index is 1.77. The normalized spacial score (nSPS) is 17.1. The van der Waals surface area contributed by atoms with Crippen LogP contribution in [0.3, 0.4) is 0 Å². The van der Waals surface area contributed by atoms with Crippen molar-refractivity contribution in [1.29, 1.82) is 0 Å². The van der Waals surface area contributed by atoms with Gasteiger partial charge in [0.15, 0.2) is 6.61 Å². The van der Waals surface area contributed by atoms with Gasteiger partial charge in [0.2, 0.25) is 5.91 Å². The maximum atomic E-state index is 12.1. The van der Waals surface area contributed by atoms with Crippen molar-refractivity contribution >= 4 is 23.4 Å². The lowest BCUT2D eigenvalue weighted by molar-refractivity contribution is -0.135. The molecule has 2 amide bonds. The van der Waals surface area contributed by atoms with E-state index in [1.54, 1.807) is 36.1 Å². The van der Waals surface area contributed by atoms with E-state index in [1.807, 2.05) is 4.90 Å². The molecule has 2 N–H and O–H groups in total. The molecule has 1 atom stereocenters. The second kappa shape index (κ2) is 7.47. The van der Waals surface area contributed by atoms with Gasteiger partial charge in [-0.25, -0.2) is 0 Å². The summed E-state index contributed by atoms with van der Waals surface area (Å²) in [6, 6.07) is 6.57. The summed E-state index contributed by atoms with van der Waals surface area (Å²) in [6.07, 6.45) is 0. The van der Waals surface area contributed by atoms with E-state index in [0.29, 0.717) is 37.0 Å². The minimum Gasteiger partial charge on any atom is -0.484 e. The van der Waals surface area contributed by atoms with Gasteiger partial charge in [-0.3, -0.25) is 14.5 Å². The van der Waals surface area contributed by atoms with E-state index in [2.05, 4.69) is 0 Å². The van der Waals surface area contributed by atoms with Gasteiger partial charge >= 0.3 is 0 Å². The highest BCUT2D eigenvalue weighted by molar-refractivity contribution is 6.30. The van der Waals surface area contributed by atoms with Gasteiger partial charge in [-0.2, -0.15) is 0 Å². The average molecular weight is 326 g/mol. The number of piperazine rings is 1. The van der Waals surface area contributed by atoms with Gasteiger partial charge in [0, 0.05) is 31.2 Å². The highest BCUT2D eigenvalue weighted by Crippen LogP contribution is 2.15. The average Bonchev–Trinajstić information content (AvgIpc) is 2.53. The van der Waals surface area contributed by atoms with Gasteiger partial charge in [-0.05, 0) is 31.2 Å². The molecule has 6 nitrogen and oxygen atoms in total. The number of nitrogens with zero attached hydrogens (tertiary/aromatic N) is 2. The molecule has 120 valence electrons. The number of carbonyl (C=O) groups excluding carboxylic acids is 2. The topological polar surface area (TPSA) is 75.9 Å². The molecule has 1 fully saturated rings. The summed E-state index contributed by atoms with van der Waals surface area (Å²) in [7, 11) is 0. The molecule has 22 heavy (non-hydrogen) atoms. The first kappa shape index (κ1) is 16.6. The van der Waals surface area contributed by atoms with Crippen molar-refractivity contribution in [1.82, 2.24) is 9.80 Å². The Kier molecular flexibility index (Phi) is 5.63. The van der Waals surface area contributed by atoms with Gasteiger partial charge in [0.05, 0.1) is 6.04 Å². The van der Waals surface area contributed by atoms with Gasteiger partial charge < -0.3 is 15.4 Å². The lowest BCUT2D eigenvalue weighted by atomic mass is 10.2. The quantitative estimate of drug-likeness (QED) is 0.866. The number of primary amides is 1. The van der Waals surface area contributed by atoms with Crippen LogP contribution >= 0.6 is 11.6 Å². The maximum absolute atomic E-state index is 12.1. The fraction of sp³-hybridized carbons (Fsp3) is 0.467. The number of halogens is 1. The van der Waals surface area contributed by atoms with Gasteiger partial charge in [-0.1, -0.05) is 11.6 Å². The number of rotatable bonds is 5. The second-order valence-electron chi connectivity index (χ2n) is 5.24. The van der Waals surface area contributed by atoms with E-state index in [0.717, 1.165) is 0 Å². The van der Waals surface area contributed by atoms with Crippen LogP contribution in [-0.2, 0) is 9.59 Å². The number of nitrogens with two attached hydrogens (primary N) is 1. The van der Waals surface area contributed by atoms with Crippen LogP contribution in [0.4, 0.5) is 0 Å². The lowest BCUT2D eigenvalue weighted by Gasteiger charge is -2.36. The SMILES string of the molecule is CC(C(N)=O)N1CCN(C(=O)COc2ccc(Cl)cc2)CC1. The van der Waals surface area contributed by atoms with E-state index in [1.165, 1.54) is 0 Å². The molecule has 1 heterocycles. The predicted octanol–water partition coefficient (Wildman–Crippen LogP) is 0.737. The number of benzene rings is 1. The van der Waals surface area contributed by atoms with Crippen molar-refractivity contribution in [3.8, 4) is 5.75 Å². The Morgan fingerprint density at radius 1 is 1.23 bits per heavy atom. The van der Waals surface area contributed by atoms with Crippen LogP contribution in [0.25, 0.3) is 0 Å². The summed E-state index contributed by atoms with van der Waals surface area (Å²) in [5.41, 5.74) is 5.29. The van der Waals surface area contributed by atoms with Crippen molar-refractivity contribution in [2.45, 2.75) is 13.0 Å². The molecule has 7 heteroatoms. The molecule has 0 spiro atoms. The molecule has 0 aromatic heterocycles. The van der Waals surface area contributed by atoms with Gasteiger partial charge in [0.25, 0.3) is 5.91 Å². The predicted molar refractivity (Wildman–Crippen MR) is 83.8 cm³/mol. The molecule has 0 radical (unpaired) electrons. The molecule has 2 rings (SSSR count). The molecular formula is C15H20ClN3O3. The fourth-order valence-corrected chi connectivity index (χ4v) is 2.43. The molecule has 1 aromatic rings. The van der Waals surface area contributed by atoms with Gasteiger partial charge in [0.1, 0.15) is 5.75 Å². The first-order chi connectivity index (χ1) is 10.5. The van der Waals surface area contributed by atoms with Gasteiger partial charge in [-0.15, -0.1) is 0 Å². The largest absolute Gasteiger partial charge is 0.484 e. The molecular weight excluding hydrogens is 306 g/mol. The molecule has 1 unspecified atom stereocenters. The van der Waals surface area contributed by atoms with Crippen molar-refractivity contribution in [3.63, 3.8) is 0 Å². The number of hydrogen-bond donors (Lipinski definition) is 1. The van der Waals surface area contributed by atoms with Crippen molar-refractivity contribution in [2.75, 3.05) is 32.8 Å². The summed E-state index contributed by atoms with van der Waals surface area (Å²) in [4.78, 5) is 27.0.